The third-order valence-corrected chi connectivity index (χ3v) is 5.87. The number of aryl methyl sites for hydroxylation is 4. The molecule has 132 valence electrons. The largest absolute Gasteiger partial charge is 0.744 e. The summed E-state index contributed by atoms with van der Waals surface area (Å²) in [5.74, 6) is 6.19. The van der Waals surface area contributed by atoms with Gasteiger partial charge < -0.3 is 4.55 Å². The summed E-state index contributed by atoms with van der Waals surface area (Å²) < 4.78 is 35.0. The number of hydrogen-bond acceptors (Lipinski definition) is 5. The Balaban J connectivity index is 0.000000243. The molecule has 1 aromatic heterocycles. The molecule has 24 heavy (non-hydrogen) atoms. The Morgan fingerprint density at radius 3 is 1.88 bits per heavy atom. The second kappa shape index (κ2) is 7.50. The topological polar surface area (TPSA) is 113 Å². The maximum atomic E-state index is 10.8. The van der Waals surface area contributed by atoms with Crippen molar-refractivity contribution in [3.05, 3.63) is 50.6 Å². The van der Waals surface area contributed by atoms with Gasteiger partial charge in [-0.05, 0) is 60.3 Å². The number of nitrogen functional groups attached to an aromatic ring is 2. The van der Waals surface area contributed by atoms with E-state index in [0.29, 0.717) is 16.9 Å². The van der Waals surface area contributed by atoms with Gasteiger partial charge in [0.15, 0.2) is 0 Å². The molecule has 0 aliphatic heterocycles. The zero-order chi connectivity index (χ0) is 18.8. The lowest BCUT2D eigenvalue weighted by Crippen LogP contribution is -2.50. The minimum absolute atomic E-state index is 0.0851. The average Bonchev–Trinajstić information content (AvgIpc) is 2.41. The molecule has 2 rings (SSSR count). The SMILES string of the molecule is Cc1cc(C)c(S(=O)(=O)[O-])c(C)c1.Cc1cc(N)[n+](N)c(C)c1Br. The zero-order valence-electron chi connectivity index (χ0n) is 14.3. The van der Waals surface area contributed by atoms with E-state index in [9.17, 15) is 13.0 Å². The van der Waals surface area contributed by atoms with Crippen molar-refractivity contribution in [2.75, 3.05) is 11.6 Å². The Bertz CT molecular complexity index is 831. The van der Waals surface area contributed by atoms with Gasteiger partial charge in [0.05, 0.1) is 9.37 Å². The zero-order valence-corrected chi connectivity index (χ0v) is 16.7. The van der Waals surface area contributed by atoms with Crippen molar-refractivity contribution in [3.63, 3.8) is 0 Å². The minimum Gasteiger partial charge on any atom is -0.744 e. The predicted octanol–water partition coefficient (Wildman–Crippen LogP) is 2.17. The molecule has 0 aliphatic rings. The number of hydrogen-bond donors (Lipinski definition) is 2. The van der Waals surface area contributed by atoms with E-state index in [1.54, 1.807) is 26.0 Å². The van der Waals surface area contributed by atoms with Crippen LogP contribution >= 0.6 is 15.9 Å². The number of benzene rings is 1. The van der Waals surface area contributed by atoms with E-state index in [0.717, 1.165) is 21.3 Å². The highest BCUT2D eigenvalue weighted by molar-refractivity contribution is 9.10. The highest BCUT2D eigenvalue weighted by Gasteiger charge is 2.11. The smallest absolute Gasteiger partial charge is 0.295 e. The van der Waals surface area contributed by atoms with Crippen LogP contribution in [0, 0.1) is 34.6 Å². The summed E-state index contributed by atoms with van der Waals surface area (Å²) in [5, 5.41) is 0. The first-order chi connectivity index (χ1) is 10.9. The van der Waals surface area contributed by atoms with E-state index < -0.39 is 10.1 Å². The molecule has 0 amide bonds. The van der Waals surface area contributed by atoms with Gasteiger partial charge in [-0.3, -0.25) is 11.6 Å². The molecule has 0 unspecified atom stereocenters. The molecule has 1 heterocycles. The molecule has 0 spiro atoms. The van der Waals surface area contributed by atoms with Crippen LogP contribution in [0.3, 0.4) is 0 Å². The second-order valence-corrected chi connectivity index (χ2v) is 7.81. The van der Waals surface area contributed by atoms with E-state index in [1.165, 1.54) is 4.68 Å². The van der Waals surface area contributed by atoms with Crippen LogP contribution in [0.1, 0.15) is 27.9 Å². The van der Waals surface area contributed by atoms with Crippen LogP contribution in [0.4, 0.5) is 5.82 Å². The van der Waals surface area contributed by atoms with E-state index in [-0.39, 0.29) is 4.90 Å². The number of pyridine rings is 1. The first-order valence-corrected chi connectivity index (χ1v) is 9.32. The van der Waals surface area contributed by atoms with Gasteiger partial charge in [0.1, 0.15) is 15.8 Å². The summed E-state index contributed by atoms with van der Waals surface area (Å²) in [6.45, 7) is 9.01. The van der Waals surface area contributed by atoms with Crippen molar-refractivity contribution in [2.45, 2.75) is 39.5 Å². The molecule has 0 radical (unpaired) electrons. The van der Waals surface area contributed by atoms with Gasteiger partial charge in [0.2, 0.25) is 0 Å². The Kier molecular flexibility index (Phi) is 6.38. The van der Waals surface area contributed by atoms with Gasteiger partial charge in [-0.2, -0.15) is 0 Å². The summed E-state index contributed by atoms with van der Waals surface area (Å²) in [6.07, 6.45) is 0. The first-order valence-electron chi connectivity index (χ1n) is 7.12. The Morgan fingerprint density at radius 1 is 1.00 bits per heavy atom. The molecular formula is C16H22BrN3O3S. The summed E-state index contributed by atoms with van der Waals surface area (Å²) in [7, 11) is -4.33. The maximum Gasteiger partial charge on any atom is 0.295 e. The standard InChI is InChI=1S/C9H12O3S.C7H10BrN3/c1-6-4-7(2)9(8(3)5-6)13(10,11)12;1-4-3-6(9)11(10)5(2)7(4)8/h4-5H,1-3H3,(H,10,11,12);3,9H,10H2,1-2H3. The minimum atomic E-state index is -4.33. The number of nitrogens with zero attached hydrogens (tertiary/aromatic N) is 1. The van der Waals surface area contributed by atoms with Crippen molar-refractivity contribution in [1.29, 1.82) is 0 Å². The molecule has 0 saturated carbocycles. The Hall–Kier alpha value is -1.64. The van der Waals surface area contributed by atoms with Gasteiger partial charge in [0, 0.05) is 13.0 Å². The quantitative estimate of drug-likeness (QED) is 0.420. The van der Waals surface area contributed by atoms with Crippen molar-refractivity contribution in [1.82, 2.24) is 0 Å². The van der Waals surface area contributed by atoms with Crippen LogP contribution in [-0.2, 0) is 10.1 Å². The van der Waals surface area contributed by atoms with Crippen molar-refractivity contribution >= 4 is 31.9 Å². The highest BCUT2D eigenvalue weighted by Crippen LogP contribution is 2.21. The maximum absolute atomic E-state index is 10.8. The lowest BCUT2D eigenvalue weighted by Gasteiger charge is -2.14. The van der Waals surface area contributed by atoms with Gasteiger partial charge in [0.25, 0.3) is 5.82 Å². The molecule has 0 fully saturated rings. The van der Waals surface area contributed by atoms with Crippen molar-refractivity contribution in [3.8, 4) is 0 Å². The number of anilines is 1. The highest BCUT2D eigenvalue weighted by atomic mass is 79.9. The first kappa shape index (κ1) is 20.4. The van der Waals surface area contributed by atoms with E-state index in [4.69, 9.17) is 11.6 Å². The summed E-state index contributed by atoms with van der Waals surface area (Å²) >= 11 is 3.41. The van der Waals surface area contributed by atoms with Crippen LogP contribution in [0.5, 0.6) is 0 Å². The van der Waals surface area contributed by atoms with Gasteiger partial charge in [-0.15, -0.1) is 4.68 Å². The lowest BCUT2D eigenvalue weighted by molar-refractivity contribution is -0.631. The van der Waals surface area contributed by atoms with Crippen molar-refractivity contribution < 1.29 is 17.6 Å². The molecule has 0 atom stereocenters. The molecule has 0 aliphatic carbocycles. The van der Waals surface area contributed by atoms with Gasteiger partial charge in [-0.25, -0.2) is 8.42 Å². The molecule has 1 aromatic carbocycles. The molecule has 8 heteroatoms. The van der Waals surface area contributed by atoms with E-state index in [1.807, 2.05) is 26.8 Å². The normalized spacial score (nSPS) is 11.0. The summed E-state index contributed by atoms with van der Waals surface area (Å²) in [4.78, 5) is -0.0851. The third-order valence-electron chi connectivity index (χ3n) is 3.52. The summed E-state index contributed by atoms with van der Waals surface area (Å²) in [5.41, 5.74) is 9.64. The molecule has 0 bridgehead atoms. The van der Waals surface area contributed by atoms with Crippen molar-refractivity contribution in [2.24, 2.45) is 0 Å². The van der Waals surface area contributed by atoms with Gasteiger partial charge >= 0.3 is 0 Å². The van der Waals surface area contributed by atoms with Crippen LogP contribution in [0.15, 0.2) is 27.6 Å². The molecule has 6 nitrogen and oxygen atoms in total. The van der Waals surface area contributed by atoms with E-state index >= 15 is 0 Å². The third kappa shape index (κ3) is 4.68. The summed E-state index contributed by atoms with van der Waals surface area (Å²) in [6, 6.07) is 5.21. The van der Waals surface area contributed by atoms with Crippen LogP contribution in [-0.4, -0.2) is 13.0 Å². The van der Waals surface area contributed by atoms with Crippen LogP contribution in [0.25, 0.3) is 0 Å². The molecule has 2 aromatic rings. The van der Waals surface area contributed by atoms with Crippen LogP contribution < -0.4 is 16.3 Å². The number of rotatable bonds is 1. The Morgan fingerprint density at radius 2 is 1.46 bits per heavy atom. The monoisotopic (exact) mass is 415 g/mol. The van der Waals surface area contributed by atoms with Crippen LogP contribution in [0.2, 0.25) is 0 Å². The second-order valence-electron chi connectivity index (χ2n) is 5.70. The fourth-order valence-electron chi connectivity index (χ4n) is 2.50. The number of nitrogens with two attached hydrogens (primary N) is 2. The van der Waals surface area contributed by atoms with E-state index in [2.05, 4.69) is 15.9 Å². The fourth-order valence-corrected chi connectivity index (χ4v) is 3.71. The molecule has 0 saturated heterocycles. The average molecular weight is 416 g/mol. The lowest BCUT2D eigenvalue weighted by atomic mass is 10.1. The number of halogens is 1. The van der Waals surface area contributed by atoms with Gasteiger partial charge in [-0.1, -0.05) is 17.7 Å². The fraction of sp³-hybridized carbons (Fsp3) is 0.312. The molecular weight excluding hydrogens is 394 g/mol. The number of aromatic nitrogens is 1. The molecule has 4 N–H and O–H groups in total. The predicted molar refractivity (Wildman–Crippen MR) is 97.0 cm³/mol. The Labute approximate surface area is 151 Å².